The lowest BCUT2D eigenvalue weighted by Gasteiger charge is -2.57. The Labute approximate surface area is 209 Å². The van der Waals surface area contributed by atoms with Crippen LogP contribution in [0.5, 0.6) is 0 Å². The molecule has 0 atom stereocenters. The summed E-state index contributed by atoms with van der Waals surface area (Å²) in [5.74, 6) is 2.13. The number of hydrogen-bond acceptors (Lipinski definition) is 5. The van der Waals surface area contributed by atoms with Crippen molar-refractivity contribution < 1.29 is 9.53 Å². The molecular formula is C28H28ClN3O3. The number of esters is 1. The molecule has 0 amide bonds. The van der Waals surface area contributed by atoms with Gasteiger partial charge >= 0.3 is 5.97 Å². The van der Waals surface area contributed by atoms with Crippen LogP contribution in [0.2, 0.25) is 5.15 Å². The zero-order valence-corrected chi connectivity index (χ0v) is 20.4. The minimum Gasteiger partial charge on any atom is -0.465 e. The molecule has 0 saturated heterocycles. The first kappa shape index (κ1) is 22.4. The Bertz CT molecular complexity index is 1300. The Kier molecular flexibility index (Phi) is 5.44. The molecule has 4 fully saturated rings. The largest absolute Gasteiger partial charge is 0.465 e. The van der Waals surface area contributed by atoms with Gasteiger partial charge in [0, 0.05) is 16.8 Å². The fourth-order valence-electron chi connectivity index (χ4n) is 7.05. The molecule has 2 aromatic carbocycles. The van der Waals surface area contributed by atoms with Crippen molar-refractivity contribution in [2.75, 3.05) is 12.4 Å². The highest BCUT2D eigenvalue weighted by Gasteiger charge is 2.51. The summed E-state index contributed by atoms with van der Waals surface area (Å²) < 4.78 is 6.44. The first-order valence-corrected chi connectivity index (χ1v) is 12.7. The summed E-state index contributed by atoms with van der Waals surface area (Å²) in [5, 5.41) is 3.87. The molecule has 35 heavy (non-hydrogen) atoms. The second kappa shape index (κ2) is 8.52. The standard InChI is InChI=1S/C28H28ClN3O3/c1-35-27(34)21-9-7-20(8-10-21)23-24(29)30-25(26(33)32(23)22-5-3-2-4-6-22)31-28-14-17-11-18(15-28)13-19(12-17)16-28/h2-10,17-19H,11-16H2,1H3,(H,30,31). The van der Waals surface area contributed by atoms with Gasteiger partial charge in [0.05, 0.1) is 18.4 Å². The summed E-state index contributed by atoms with van der Waals surface area (Å²) in [4.78, 5) is 30.5. The summed E-state index contributed by atoms with van der Waals surface area (Å²) in [6.45, 7) is 0. The molecule has 6 nitrogen and oxygen atoms in total. The number of para-hydroxylation sites is 1. The van der Waals surface area contributed by atoms with Gasteiger partial charge in [0.25, 0.3) is 5.56 Å². The van der Waals surface area contributed by atoms with Crippen LogP contribution in [0.1, 0.15) is 48.9 Å². The molecular weight excluding hydrogens is 462 g/mol. The predicted molar refractivity (Wildman–Crippen MR) is 136 cm³/mol. The molecule has 7 heteroatoms. The van der Waals surface area contributed by atoms with Crippen LogP contribution in [-0.2, 0) is 4.74 Å². The second-order valence-corrected chi connectivity index (χ2v) is 10.8. The van der Waals surface area contributed by atoms with Crippen molar-refractivity contribution in [2.45, 2.75) is 44.1 Å². The number of ether oxygens (including phenoxy) is 1. The topological polar surface area (TPSA) is 73.2 Å². The van der Waals surface area contributed by atoms with Gasteiger partial charge < -0.3 is 10.1 Å². The molecule has 3 aromatic rings. The van der Waals surface area contributed by atoms with Crippen LogP contribution in [0, 0.1) is 17.8 Å². The molecule has 0 spiro atoms. The zero-order valence-electron chi connectivity index (χ0n) is 19.7. The van der Waals surface area contributed by atoms with Gasteiger partial charge in [-0.15, -0.1) is 0 Å². The Balaban J connectivity index is 1.46. The lowest BCUT2D eigenvalue weighted by molar-refractivity contribution is 0.0105. The Hall–Kier alpha value is -3.12. The monoisotopic (exact) mass is 489 g/mol. The van der Waals surface area contributed by atoms with Crippen LogP contribution in [0.3, 0.4) is 0 Å². The van der Waals surface area contributed by atoms with Gasteiger partial charge in [0.2, 0.25) is 0 Å². The van der Waals surface area contributed by atoms with E-state index in [1.807, 2.05) is 30.3 Å². The number of benzene rings is 2. The third kappa shape index (κ3) is 3.94. The van der Waals surface area contributed by atoms with Crippen LogP contribution in [0.15, 0.2) is 59.4 Å². The van der Waals surface area contributed by atoms with Crippen LogP contribution in [-0.4, -0.2) is 28.2 Å². The van der Waals surface area contributed by atoms with Crippen molar-refractivity contribution in [1.82, 2.24) is 9.55 Å². The number of aromatic nitrogens is 2. The quantitative estimate of drug-likeness (QED) is 0.464. The minimum absolute atomic E-state index is 0.0670. The van der Waals surface area contributed by atoms with Gasteiger partial charge in [-0.25, -0.2) is 9.78 Å². The van der Waals surface area contributed by atoms with E-state index in [0.29, 0.717) is 28.3 Å². The highest BCUT2D eigenvalue weighted by Crippen LogP contribution is 2.56. The van der Waals surface area contributed by atoms with Crippen LogP contribution in [0.25, 0.3) is 16.9 Å². The van der Waals surface area contributed by atoms with E-state index in [0.717, 1.165) is 37.0 Å². The van der Waals surface area contributed by atoms with Gasteiger partial charge in [-0.05, 0) is 80.5 Å². The van der Waals surface area contributed by atoms with Crippen molar-refractivity contribution >= 4 is 23.4 Å². The molecule has 0 unspecified atom stereocenters. The number of anilines is 1. The highest BCUT2D eigenvalue weighted by atomic mass is 35.5. The summed E-state index contributed by atoms with van der Waals surface area (Å²) in [7, 11) is 1.35. The van der Waals surface area contributed by atoms with Gasteiger partial charge in [-0.2, -0.15) is 0 Å². The Morgan fingerprint density at radius 2 is 1.60 bits per heavy atom. The average Bonchev–Trinajstić information content (AvgIpc) is 2.85. The van der Waals surface area contributed by atoms with Gasteiger partial charge in [-0.1, -0.05) is 41.9 Å². The molecule has 0 aliphatic heterocycles. The first-order chi connectivity index (χ1) is 16.9. The van der Waals surface area contributed by atoms with Crippen molar-refractivity contribution in [2.24, 2.45) is 17.8 Å². The van der Waals surface area contributed by atoms with Crippen molar-refractivity contribution in [3.8, 4) is 16.9 Å². The molecule has 7 rings (SSSR count). The highest BCUT2D eigenvalue weighted by molar-refractivity contribution is 6.32. The average molecular weight is 490 g/mol. The fraction of sp³-hybridized carbons (Fsp3) is 0.393. The maximum atomic E-state index is 14.0. The lowest BCUT2D eigenvalue weighted by atomic mass is 9.53. The molecule has 4 saturated carbocycles. The van der Waals surface area contributed by atoms with E-state index in [9.17, 15) is 9.59 Å². The van der Waals surface area contributed by atoms with Gasteiger partial charge in [0.15, 0.2) is 11.0 Å². The van der Waals surface area contributed by atoms with Crippen LogP contribution >= 0.6 is 11.6 Å². The maximum Gasteiger partial charge on any atom is 0.337 e. The molecule has 1 heterocycles. The number of halogens is 1. The number of hydrogen-bond donors (Lipinski definition) is 1. The van der Waals surface area contributed by atoms with Gasteiger partial charge in [0.1, 0.15) is 0 Å². The molecule has 4 aliphatic carbocycles. The number of methoxy groups -OCH3 is 1. The van der Waals surface area contributed by atoms with E-state index in [-0.39, 0.29) is 16.3 Å². The summed E-state index contributed by atoms with van der Waals surface area (Å²) in [6.07, 6.45) is 7.26. The molecule has 0 radical (unpaired) electrons. The number of carbonyl (C=O) groups excluding carboxylic acids is 1. The maximum absolute atomic E-state index is 14.0. The molecule has 180 valence electrons. The third-order valence-electron chi connectivity index (χ3n) is 8.05. The smallest absolute Gasteiger partial charge is 0.337 e. The number of nitrogens with one attached hydrogen (secondary N) is 1. The first-order valence-electron chi connectivity index (χ1n) is 12.3. The van der Waals surface area contributed by atoms with Crippen LogP contribution in [0.4, 0.5) is 5.82 Å². The SMILES string of the molecule is COC(=O)c1ccc(-c2c(Cl)nc(NC34CC5CC(CC(C5)C3)C4)c(=O)n2-c2ccccc2)cc1. The predicted octanol–water partition coefficient (Wildman–Crippen LogP) is 5.72. The van der Waals surface area contributed by atoms with E-state index in [1.165, 1.54) is 26.4 Å². The normalized spacial score (nSPS) is 26.5. The number of carbonyl (C=O) groups is 1. The molecule has 1 N–H and O–H groups in total. The van der Waals surface area contributed by atoms with Crippen molar-refractivity contribution in [1.29, 1.82) is 0 Å². The Morgan fingerprint density at radius 1 is 1.00 bits per heavy atom. The second-order valence-electron chi connectivity index (χ2n) is 10.5. The lowest BCUT2D eigenvalue weighted by Crippen LogP contribution is -2.55. The number of nitrogens with zero attached hydrogens (tertiary/aromatic N) is 2. The van der Waals surface area contributed by atoms with E-state index in [2.05, 4.69) is 10.3 Å². The van der Waals surface area contributed by atoms with Crippen molar-refractivity contribution in [3.63, 3.8) is 0 Å². The molecule has 4 aliphatic rings. The molecule has 4 bridgehead atoms. The van der Waals surface area contributed by atoms with E-state index < -0.39 is 5.97 Å². The Morgan fingerprint density at radius 3 is 2.17 bits per heavy atom. The fourth-order valence-corrected chi connectivity index (χ4v) is 7.33. The summed E-state index contributed by atoms with van der Waals surface area (Å²) in [5.41, 5.74) is 2.04. The summed E-state index contributed by atoms with van der Waals surface area (Å²) in [6, 6.07) is 16.3. The van der Waals surface area contributed by atoms with Crippen molar-refractivity contribution in [3.05, 3.63) is 75.7 Å². The minimum atomic E-state index is -0.420. The third-order valence-corrected chi connectivity index (χ3v) is 8.31. The van der Waals surface area contributed by atoms with Gasteiger partial charge in [-0.3, -0.25) is 9.36 Å². The zero-order chi connectivity index (χ0) is 24.2. The summed E-state index contributed by atoms with van der Waals surface area (Å²) >= 11 is 6.80. The van der Waals surface area contributed by atoms with Crippen LogP contribution < -0.4 is 10.9 Å². The van der Waals surface area contributed by atoms with E-state index in [1.54, 1.807) is 28.8 Å². The van der Waals surface area contributed by atoms with E-state index in [4.69, 9.17) is 16.3 Å². The number of rotatable bonds is 5. The van der Waals surface area contributed by atoms with E-state index >= 15 is 0 Å². The molecule has 1 aromatic heterocycles.